The number of carbonyl (C=O) groups is 1. The van der Waals surface area contributed by atoms with Gasteiger partial charge in [0.2, 0.25) is 0 Å². The highest BCUT2D eigenvalue weighted by Gasteiger charge is 2.72. The molecule has 0 spiro atoms. The van der Waals surface area contributed by atoms with Crippen molar-refractivity contribution in [2.75, 3.05) is 13.2 Å². The number of aliphatic hydroxyl groups excluding tert-OH is 1. The molecular formula is C24H36O5. The van der Waals surface area contributed by atoms with E-state index in [0.29, 0.717) is 50.2 Å². The maximum atomic E-state index is 12.1. The van der Waals surface area contributed by atoms with E-state index in [4.69, 9.17) is 9.47 Å². The van der Waals surface area contributed by atoms with Crippen molar-refractivity contribution in [2.45, 2.75) is 83.7 Å². The summed E-state index contributed by atoms with van der Waals surface area (Å²) < 4.78 is 11.9. The van der Waals surface area contributed by atoms with E-state index in [-0.39, 0.29) is 17.1 Å². The zero-order chi connectivity index (χ0) is 20.8. The smallest absolute Gasteiger partial charge is 0.195 e. The molecule has 8 atom stereocenters. The van der Waals surface area contributed by atoms with Gasteiger partial charge in [-0.3, -0.25) is 4.79 Å². The standard InChI is InChI=1S/C24H36O5/c1-14-11-16-17-6-8-24(27,23(4)28-9-10-29-23)22(17,3)13-19(26)20(16)21(2)7-5-15(25)12-18(14)21/h12,14,16-17,19-20,26-27H,5-11,13H2,1-4H3/t14-,16-,17-,19-,20+,21-,22-,24+/m0/s1. The fraction of sp³-hybridized carbons (Fsp3) is 0.875. The van der Waals surface area contributed by atoms with E-state index in [1.807, 2.05) is 13.0 Å². The average Bonchev–Trinajstić information content (AvgIpc) is 3.20. The van der Waals surface area contributed by atoms with Gasteiger partial charge in [-0.25, -0.2) is 0 Å². The van der Waals surface area contributed by atoms with Gasteiger partial charge in [0.1, 0.15) is 5.60 Å². The van der Waals surface area contributed by atoms with Crippen molar-refractivity contribution in [1.29, 1.82) is 0 Å². The number of allylic oxidation sites excluding steroid dienone is 1. The highest BCUT2D eigenvalue weighted by Crippen LogP contribution is 2.70. The molecule has 3 saturated carbocycles. The van der Waals surface area contributed by atoms with E-state index in [1.165, 1.54) is 5.57 Å². The number of aliphatic hydroxyl groups is 2. The summed E-state index contributed by atoms with van der Waals surface area (Å²) in [4.78, 5) is 12.1. The lowest BCUT2D eigenvalue weighted by molar-refractivity contribution is -0.305. The molecule has 4 fully saturated rings. The Balaban J connectivity index is 1.56. The van der Waals surface area contributed by atoms with Gasteiger partial charge in [-0.15, -0.1) is 0 Å². The summed E-state index contributed by atoms with van der Waals surface area (Å²) >= 11 is 0. The Morgan fingerprint density at radius 2 is 1.83 bits per heavy atom. The number of fused-ring (bicyclic) bond motifs is 5. The predicted molar refractivity (Wildman–Crippen MR) is 108 cm³/mol. The lowest BCUT2D eigenvalue weighted by Crippen LogP contribution is -2.66. The maximum Gasteiger partial charge on any atom is 0.195 e. The Morgan fingerprint density at radius 3 is 2.52 bits per heavy atom. The normalized spacial score (nSPS) is 53.8. The van der Waals surface area contributed by atoms with Gasteiger partial charge in [0, 0.05) is 11.8 Å². The molecule has 0 aromatic rings. The van der Waals surface area contributed by atoms with Crippen molar-refractivity contribution < 1.29 is 24.5 Å². The number of carbonyl (C=O) groups excluding carboxylic acids is 1. The van der Waals surface area contributed by atoms with Crippen molar-refractivity contribution in [3.63, 3.8) is 0 Å². The fourth-order valence-corrected chi connectivity index (χ4v) is 8.62. The number of ketones is 1. The molecule has 0 aromatic carbocycles. The number of hydrogen-bond donors (Lipinski definition) is 2. The predicted octanol–water partition coefficient (Wildman–Crippen LogP) is 3.23. The first-order valence-electron chi connectivity index (χ1n) is 11.5. The van der Waals surface area contributed by atoms with Gasteiger partial charge in [-0.1, -0.05) is 26.3 Å². The molecule has 1 aliphatic heterocycles. The summed E-state index contributed by atoms with van der Waals surface area (Å²) in [5.74, 6) is 0.379. The zero-order valence-corrected chi connectivity index (χ0v) is 18.2. The van der Waals surface area contributed by atoms with Crippen LogP contribution in [0.25, 0.3) is 0 Å². The van der Waals surface area contributed by atoms with Crippen LogP contribution < -0.4 is 0 Å². The molecule has 0 aromatic heterocycles. The van der Waals surface area contributed by atoms with E-state index in [9.17, 15) is 15.0 Å². The van der Waals surface area contributed by atoms with Crippen LogP contribution in [-0.4, -0.2) is 46.7 Å². The van der Waals surface area contributed by atoms with Crippen LogP contribution in [0.4, 0.5) is 0 Å². The molecule has 0 unspecified atom stereocenters. The quantitative estimate of drug-likeness (QED) is 0.702. The van der Waals surface area contributed by atoms with Crippen molar-refractivity contribution >= 4 is 5.78 Å². The van der Waals surface area contributed by atoms with Gasteiger partial charge < -0.3 is 19.7 Å². The van der Waals surface area contributed by atoms with Crippen LogP contribution in [-0.2, 0) is 14.3 Å². The minimum absolute atomic E-state index is 0.123. The Hall–Kier alpha value is -0.750. The first kappa shape index (κ1) is 20.2. The summed E-state index contributed by atoms with van der Waals surface area (Å²) in [6.07, 6.45) is 5.92. The third-order valence-electron chi connectivity index (χ3n) is 9.95. The lowest BCUT2D eigenvalue weighted by atomic mass is 9.43. The summed E-state index contributed by atoms with van der Waals surface area (Å²) in [7, 11) is 0. The summed E-state index contributed by atoms with van der Waals surface area (Å²) in [5, 5.41) is 23.5. The van der Waals surface area contributed by atoms with Crippen LogP contribution in [0, 0.1) is 34.5 Å². The van der Waals surface area contributed by atoms with Crippen LogP contribution in [0.2, 0.25) is 0 Å². The van der Waals surface area contributed by atoms with Gasteiger partial charge in [0.15, 0.2) is 11.6 Å². The largest absolute Gasteiger partial charge is 0.393 e. The molecule has 5 aliphatic rings. The highest BCUT2D eigenvalue weighted by atomic mass is 16.7. The van der Waals surface area contributed by atoms with Crippen molar-refractivity contribution in [1.82, 2.24) is 0 Å². The van der Waals surface area contributed by atoms with Crippen LogP contribution >= 0.6 is 0 Å². The van der Waals surface area contributed by atoms with E-state index in [2.05, 4.69) is 20.8 Å². The Kier molecular flexibility index (Phi) is 4.28. The van der Waals surface area contributed by atoms with E-state index < -0.39 is 22.9 Å². The average molecular weight is 405 g/mol. The Bertz CT molecular complexity index is 754. The van der Waals surface area contributed by atoms with Crippen LogP contribution in [0.3, 0.4) is 0 Å². The molecule has 0 radical (unpaired) electrons. The lowest BCUT2D eigenvalue weighted by Gasteiger charge is -2.63. The van der Waals surface area contributed by atoms with E-state index in [1.54, 1.807) is 0 Å². The molecule has 5 heteroatoms. The number of ether oxygens (including phenoxy) is 2. The second-order valence-corrected chi connectivity index (χ2v) is 11.1. The third kappa shape index (κ3) is 2.39. The van der Waals surface area contributed by atoms with Gasteiger partial charge in [0.25, 0.3) is 0 Å². The summed E-state index contributed by atoms with van der Waals surface area (Å²) in [5.41, 5.74) is -0.424. The molecule has 2 N–H and O–H groups in total. The van der Waals surface area contributed by atoms with Crippen LogP contribution in [0.5, 0.6) is 0 Å². The van der Waals surface area contributed by atoms with Crippen LogP contribution in [0.1, 0.15) is 66.2 Å². The van der Waals surface area contributed by atoms with Crippen LogP contribution in [0.15, 0.2) is 11.6 Å². The molecule has 5 rings (SSSR count). The van der Waals surface area contributed by atoms with Gasteiger partial charge in [0.05, 0.1) is 19.3 Å². The Morgan fingerprint density at radius 1 is 1.14 bits per heavy atom. The molecule has 5 nitrogen and oxygen atoms in total. The molecule has 162 valence electrons. The second-order valence-electron chi connectivity index (χ2n) is 11.1. The van der Waals surface area contributed by atoms with E-state index >= 15 is 0 Å². The van der Waals surface area contributed by atoms with Gasteiger partial charge in [-0.05, 0) is 74.2 Å². The number of hydrogen-bond acceptors (Lipinski definition) is 5. The summed E-state index contributed by atoms with van der Waals surface area (Å²) in [6, 6.07) is 0. The molecular weight excluding hydrogens is 368 g/mol. The van der Waals surface area contributed by atoms with Crippen molar-refractivity contribution in [3.8, 4) is 0 Å². The topological polar surface area (TPSA) is 76.0 Å². The fourth-order valence-electron chi connectivity index (χ4n) is 8.62. The maximum absolute atomic E-state index is 12.1. The SMILES string of the molecule is C[C@H]1C[C@@H]2[C@H]([C@@H](O)C[C@@]3(C)[C@H]2CC[C@]3(O)C2(C)OCCO2)[C@@]2(C)CCC(=O)C=C12. The summed E-state index contributed by atoms with van der Waals surface area (Å²) in [6.45, 7) is 9.56. The van der Waals surface area contributed by atoms with Gasteiger partial charge >= 0.3 is 0 Å². The van der Waals surface area contributed by atoms with Crippen molar-refractivity contribution in [3.05, 3.63) is 11.6 Å². The minimum atomic E-state index is -1.10. The Labute approximate surface area is 173 Å². The molecule has 0 bridgehead atoms. The first-order chi connectivity index (χ1) is 13.6. The molecule has 1 saturated heterocycles. The van der Waals surface area contributed by atoms with Crippen molar-refractivity contribution in [2.24, 2.45) is 34.5 Å². The molecule has 29 heavy (non-hydrogen) atoms. The third-order valence-corrected chi connectivity index (χ3v) is 9.95. The van der Waals surface area contributed by atoms with E-state index in [0.717, 1.165) is 19.3 Å². The zero-order valence-electron chi connectivity index (χ0n) is 18.2. The highest BCUT2D eigenvalue weighted by molar-refractivity contribution is 5.91. The monoisotopic (exact) mass is 404 g/mol. The molecule has 0 amide bonds. The first-order valence-corrected chi connectivity index (χ1v) is 11.5. The molecule has 1 heterocycles. The van der Waals surface area contributed by atoms with Gasteiger partial charge in [-0.2, -0.15) is 0 Å². The molecule has 4 aliphatic carbocycles. The second kappa shape index (κ2) is 6.15. The minimum Gasteiger partial charge on any atom is -0.393 e. The number of rotatable bonds is 1.